The quantitative estimate of drug-likeness (QED) is 0.508. The molecular formula is C25H41N3O4S. The number of amides is 3. The molecular weight excluding hydrogens is 438 g/mol. The minimum atomic E-state index is -0.970. The molecule has 0 fully saturated rings. The molecule has 1 rings (SSSR count). The van der Waals surface area contributed by atoms with Crippen LogP contribution in [0, 0.1) is 13.8 Å². The molecule has 2 atom stereocenters. The van der Waals surface area contributed by atoms with Gasteiger partial charge in [0.2, 0.25) is 11.8 Å². The summed E-state index contributed by atoms with van der Waals surface area (Å²) in [7, 11) is 0. The summed E-state index contributed by atoms with van der Waals surface area (Å²) in [5.74, 6) is -0.638. The summed E-state index contributed by atoms with van der Waals surface area (Å²) < 4.78 is 5.33. The highest BCUT2D eigenvalue weighted by Gasteiger charge is 2.42. The van der Waals surface area contributed by atoms with Gasteiger partial charge in [0, 0.05) is 17.3 Å². The molecule has 2 unspecified atom stereocenters. The summed E-state index contributed by atoms with van der Waals surface area (Å²) in [6.07, 6.45) is -0.710. The third kappa shape index (κ3) is 8.57. The first-order valence-electron chi connectivity index (χ1n) is 11.3. The predicted molar refractivity (Wildman–Crippen MR) is 136 cm³/mol. The number of rotatable bonds is 7. The smallest absolute Gasteiger partial charge is 0.408 e. The van der Waals surface area contributed by atoms with Crippen LogP contribution in [0.3, 0.4) is 0 Å². The van der Waals surface area contributed by atoms with Crippen molar-refractivity contribution in [2.45, 2.75) is 98.5 Å². The Balaban J connectivity index is 3.55. The SMILES string of the molecule is Cc1ccc(C)c(C(C(=O)NC(C)C)N(C(=O)C(CS)NC(=O)OC(C)(C)C)C(C)(C)C)c1. The monoisotopic (exact) mass is 479 g/mol. The number of aryl methyl sites for hydroxylation is 2. The van der Waals surface area contributed by atoms with Crippen LogP contribution in [-0.2, 0) is 14.3 Å². The number of alkyl carbamates (subject to hydrolysis) is 1. The third-order valence-corrected chi connectivity index (χ3v) is 5.16. The maximum atomic E-state index is 13.9. The number of hydrogen-bond donors (Lipinski definition) is 3. The van der Waals surface area contributed by atoms with Gasteiger partial charge in [0.25, 0.3) is 0 Å². The molecule has 0 radical (unpaired) electrons. The van der Waals surface area contributed by atoms with E-state index in [0.29, 0.717) is 0 Å². The second kappa shape index (κ2) is 11.3. The first-order valence-corrected chi connectivity index (χ1v) is 11.9. The number of thiol groups is 1. The van der Waals surface area contributed by atoms with Crippen molar-refractivity contribution in [2.24, 2.45) is 0 Å². The second-order valence-electron chi connectivity index (χ2n) is 10.7. The van der Waals surface area contributed by atoms with Crippen molar-refractivity contribution in [1.29, 1.82) is 0 Å². The third-order valence-electron chi connectivity index (χ3n) is 4.80. The van der Waals surface area contributed by atoms with Crippen molar-refractivity contribution in [2.75, 3.05) is 5.75 Å². The summed E-state index contributed by atoms with van der Waals surface area (Å²) in [4.78, 5) is 41.3. The summed E-state index contributed by atoms with van der Waals surface area (Å²) >= 11 is 4.31. The Morgan fingerprint density at radius 2 is 1.61 bits per heavy atom. The molecule has 2 N–H and O–H groups in total. The zero-order valence-electron chi connectivity index (χ0n) is 21.7. The fraction of sp³-hybridized carbons (Fsp3) is 0.640. The van der Waals surface area contributed by atoms with Crippen LogP contribution < -0.4 is 10.6 Å². The molecule has 1 aromatic rings. The average molecular weight is 480 g/mol. The minimum absolute atomic E-state index is 0.0516. The second-order valence-corrected chi connectivity index (χ2v) is 11.1. The molecule has 186 valence electrons. The van der Waals surface area contributed by atoms with Gasteiger partial charge in [-0.2, -0.15) is 12.6 Å². The van der Waals surface area contributed by atoms with Crippen molar-refractivity contribution >= 4 is 30.5 Å². The summed E-state index contributed by atoms with van der Waals surface area (Å²) in [5, 5.41) is 5.59. The molecule has 0 saturated heterocycles. The number of nitrogens with one attached hydrogen (secondary N) is 2. The predicted octanol–water partition coefficient (Wildman–Crippen LogP) is 4.32. The Labute approximate surface area is 204 Å². The van der Waals surface area contributed by atoms with Gasteiger partial charge in [0.05, 0.1) is 0 Å². The lowest BCUT2D eigenvalue weighted by molar-refractivity contribution is -0.148. The van der Waals surface area contributed by atoms with Crippen molar-refractivity contribution in [1.82, 2.24) is 15.5 Å². The van der Waals surface area contributed by atoms with Crippen LogP contribution in [0.2, 0.25) is 0 Å². The molecule has 0 aliphatic carbocycles. The van der Waals surface area contributed by atoms with Gasteiger partial charge < -0.3 is 20.3 Å². The number of nitrogens with zero attached hydrogens (tertiary/aromatic N) is 1. The lowest BCUT2D eigenvalue weighted by Gasteiger charge is -2.43. The van der Waals surface area contributed by atoms with E-state index in [2.05, 4.69) is 23.3 Å². The zero-order chi connectivity index (χ0) is 25.7. The van der Waals surface area contributed by atoms with E-state index in [1.54, 1.807) is 25.7 Å². The highest BCUT2D eigenvalue weighted by atomic mass is 32.1. The minimum Gasteiger partial charge on any atom is -0.444 e. The van der Waals surface area contributed by atoms with Crippen LogP contribution in [0.5, 0.6) is 0 Å². The maximum absolute atomic E-state index is 13.9. The summed E-state index contributed by atoms with van der Waals surface area (Å²) in [6, 6.07) is 3.89. The van der Waals surface area contributed by atoms with E-state index >= 15 is 0 Å². The normalized spacial score (nSPS) is 13.8. The molecule has 0 bridgehead atoms. The Hall–Kier alpha value is -2.22. The largest absolute Gasteiger partial charge is 0.444 e. The fourth-order valence-corrected chi connectivity index (χ4v) is 3.71. The first-order chi connectivity index (χ1) is 15.0. The van der Waals surface area contributed by atoms with Gasteiger partial charge in [-0.05, 0) is 80.4 Å². The number of hydrogen-bond acceptors (Lipinski definition) is 5. The van der Waals surface area contributed by atoms with Crippen molar-refractivity contribution < 1.29 is 19.1 Å². The topological polar surface area (TPSA) is 87.7 Å². The summed E-state index contributed by atoms with van der Waals surface area (Å²) in [5.41, 5.74) is 1.18. The molecule has 8 heteroatoms. The lowest BCUT2D eigenvalue weighted by Crippen LogP contribution is -2.59. The van der Waals surface area contributed by atoms with Crippen molar-refractivity contribution in [3.63, 3.8) is 0 Å². The molecule has 0 aliphatic rings. The van der Waals surface area contributed by atoms with Crippen molar-refractivity contribution in [3.05, 3.63) is 34.9 Å². The first kappa shape index (κ1) is 28.8. The Morgan fingerprint density at radius 1 is 1.03 bits per heavy atom. The van der Waals surface area contributed by atoms with Gasteiger partial charge in [-0.1, -0.05) is 23.8 Å². The van der Waals surface area contributed by atoms with E-state index in [9.17, 15) is 14.4 Å². The molecule has 1 aromatic carbocycles. The Bertz CT molecular complexity index is 856. The van der Waals surface area contributed by atoms with Crippen LogP contribution >= 0.6 is 12.6 Å². The highest BCUT2D eigenvalue weighted by Crippen LogP contribution is 2.32. The number of ether oxygens (including phenoxy) is 1. The number of carbonyl (C=O) groups is 3. The van der Waals surface area contributed by atoms with Crippen LogP contribution in [0.15, 0.2) is 18.2 Å². The standard InChI is InChI=1S/C25H41N3O4S/c1-15(2)26-21(29)20(18-13-16(3)11-12-17(18)4)28(24(5,6)7)22(30)19(14-33)27-23(31)32-25(8,9)10/h11-13,15,19-20,33H,14H2,1-10H3,(H,26,29)(H,27,31). The van der Waals surface area contributed by atoms with Gasteiger partial charge in [0.1, 0.15) is 17.7 Å². The maximum Gasteiger partial charge on any atom is 0.408 e. The van der Waals surface area contributed by atoms with E-state index < -0.39 is 35.2 Å². The molecule has 0 heterocycles. The van der Waals surface area contributed by atoms with Gasteiger partial charge in [-0.15, -0.1) is 0 Å². The van der Waals surface area contributed by atoms with Crippen LogP contribution in [0.25, 0.3) is 0 Å². The number of carbonyl (C=O) groups excluding carboxylic acids is 3. The van der Waals surface area contributed by atoms with E-state index in [1.807, 2.05) is 66.7 Å². The molecule has 33 heavy (non-hydrogen) atoms. The number of benzene rings is 1. The van der Waals surface area contributed by atoms with E-state index in [-0.39, 0.29) is 17.7 Å². The lowest BCUT2D eigenvalue weighted by atomic mass is 9.92. The van der Waals surface area contributed by atoms with Gasteiger partial charge in [0.15, 0.2) is 0 Å². The molecule has 0 spiro atoms. The van der Waals surface area contributed by atoms with E-state index in [1.165, 1.54) is 0 Å². The van der Waals surface area contributed by atoms with Gasteiger partial charge >= 0.3 is 6.09 Å². The summed E-state index contributed by atoms with van der Waals surface area (Å²) in [6.45, 7) is 18.5. The Kier molecular flexibility index (Phi) is 9.84. The van der Waals surface area contributed by atoms with Crippen molar-refractivity contribution in [3.8, 4) is 0 Å². The molecule has 0 aliphatic heterocycles. The highest BCUT2D eigenvalue weighted by molar-refractivity contribution is 7.80. The van der Waals surface area contributed by atoms with Gasteiger partial charge in [-0.3, -0.25) is 9.59 Å². The van der Waals surface area contributed by atoms with E-state index in [4.69, 9.17) is 4.74 Å². The molecule has 0 aromatic heterocycles. The fourth-order valence-electron chi connectivity index (χ4n) is 3.46. The van der Waals surface area contributed by atoms with Crippen LogP contribution in [0.1, 0.15) is 78.1 Å². The molecule has 7 nitrogen and oxygen atoms in total. The molecule has 0 saturated carbocycles. The van der Waals surface area contributed by atoms with Crippen LogP contribution in [-0.4, -0.2) is 51.8 Å². The van der Waals surface area contributed by atoms with Gasteiger partial charge in [-0.25, -0.2) is 4.79 Å². The Morgan fingerprint density at radius 3 is 2.06 bits per heavy atom. The average Bonchev–Trinajstić information content (AvgIpc) is 2.62. The van der Waals surface area contributed by atoms with Crippen LogP contribution in [0.4, 0.5) is 4.79 Å². The zero-order valence-corrected chi connectivity index (χ0v) is 22.6. The molecule has 3 amide bonds. The van der Waals surface area contributed by atoms with E-state index in [0.717, 1.165) is 16.7 Å².